The average Bonchev–Trinajstić information content (AvgIpc) is 2.98. The van der Waals surface area contributed by atoms with Gasteiger partial charge in [0.15, 0.2) is 0 Å². The van der Waals surface area contributed by atoms with Gasteiger partial charge in [-0.1, -0.05) is 0 Å². The van der Waals surface area contributed by atoms with Gasteiger partial charge in [-0.15, -0.1) is 0 Å². The summed E-state index contributed by atoms with van der Waals surface area (Å²) in [5, 5.41) is 2.64. The fourth-order valence-electron chi connectivity index (χ4n) is 3.79. The number of alkyl halides is 1. The fraction of sp³-hybridized carbons (Fsp3) is 0.619. The third-order valence-electron chi connectivity index (χ3n) is 5.00. The molecule has 3 atom stereocenters. The number of benzene rings is 1. The molecule has 1 saturated carbocycles. The average molecular weight is 415 g/mol. The Balaban J connectivity index is 2.26. The van der Waals surface area contributed by atoms with Gasteiger partial charge in [0, 0.05) is 12.0 Å². The molecule has 1 aromatic rings. The highest BCUT2D eigenvalue weighted by molar-refractivity contribution is 5.90. The Morgan fingerprint density at radius 2 is 1.90 bits per heavy atom. The Kier molecular flexibility index (Phi) is 7.19. The largest absolute Gasteiger partial charge is 0.462 e. The highest BCUT2D eigenvalue weighted by atomic mass is 19.1. The van der Waals surface area contributed by atoms with E-state index in [9.17, 15) is 22.8 Å². The molecule has 1 amide bonds. The molecule has 0 saturated heterocycles. The zero-order valence-electron chi connectivity index (χ0n) is 17.4. The summed E-state index contributed by atoms with van der Waals surface area (Å²) in [6, 6.07) is 0.265. The van der Waals surface area contributed by atoms with Crippen molar-refractivity contribution in [3.8, 4) is 0 Å². The van der Waals surface area contributed by atoms with E-state index < -0.39 is 59.4 Å². The van der Waals surface area contributed by atoms with E-state index in [4.69, 9.17) is 9.47 Å². The number of nitrogens with one attached hydrogen (secondary N) is 1. The Hall–Kier alpha value is -2.25. The first-order chi connectivity index (χ1) is 13.5. The summed E-state index contributed by atoms with van der Waals surface area (Å²) in [6.07, 6.45) is -0.195. The molecule has 29 heavy (non-hydrogen) atoms. The summed E-state index contributed by atoms with van der Waals surface area (Å²) in [7, 11) is 0. The van der Waals surface area contributed by atoms with E-state index in [1.54, 1.807) is 27.7 Å². The molecule has 162 valence electrons. The van der Waals surface area contributed by atoms with Crippen LogP contribution < -0.4 is 5.32 Å². The minimum atomic E-state index is -0.934. The van der Waals surface area contributed by atoms with Crippen molar-refractivity contribution in [1.29, 1.82) is 0 Å². The maximum absolute atomic E-state index is 14.8. The molecule has 5 nitrogen and oxygen atoms in total. The molecular weight excluding hydrogens is 387 g/mol. The number of alkyl carbamates (subject to hydrolysis) is 1. The van der Waals surface area contributed by atoms with Crippen molar-refractivity contribution in [2.45, 2.75) is 65.0 Å². The molecule has 1 aliphatic carbocycles. The maximum atomic E-state index is 14.8. The first-order valence-electron chi connectivity index (χ1n) is 9.69. The molecular formula is C21H28F3NO4. The zero-order valence-corrected chi connectivity index (χ0v) is 17.4. The van der Waals surface area contributed by atoms with Crippen molar-refractivity contribution in [2.75, 3.05) is 13.3 Å². The molecule has 1 unspecified atom stereocenters. The molecule has 0 aromatic heterocycles. The van der Waals surface area contributed by atoms with Crippen LogP contribution in [0.4, 0.5) is 18.0 Å². The maximum Gasteiger partial charge on any atom is 0.407 e. The van der Waals surface area contributed by atoms with Crippen LogP contribution in [0.15, 0.2) is 6.07 Å². The SMILES string of the molecule is CCOC(=O)c1cc(F)c(C2C[C@H](CF)[C@H](NC(=O)OC(C)(C)C)C2)c(C)c1F. The molecule has 0 aliphatic heterocycles. The number of ether oxygens (including phenoxy) is 2. The lowest BCUT2D eigenvalue weighted by molar-refractivity contribution is 0.0485. The Labute approximate surface area is 168 Å². The van der Waals surface area contributed by atoms with E-state index in [2.05, 4.69) is 5.32 Å². The van der Waals surface area contributed by atoms with Gasteiger partial charge >= 0.3 is 12.1 Å². The third kappa shape index (κ3) is 5.42. The second kappa shape index (κ2) is 9.05. The molecule has 1 fully saturated rings. The summed E-state index contributed by atoms with van der Waals surface area (Å²) < 4.78 is 53.0. The predicted molar refractivity (Wildman–Crippen MR) is 102 cm³/mol. The lowest BCUT2D eigenvalue weighted by Crippen LogP contribution is -2.41. The Morgan fingerprint density at radius 1 is 1.24 bits per heavy atom. The van der Waals surface area contributed by atoms with Gasteiger partial charge in [0.1, 0.15) is 17.2 Å². The molecule has 0 radical (unpaired) electrons. The van der Waals surface area contributed by atoms with E-state index in [-0.39, 0.29) is 30.6 Å². The lowest BCUT2D eigenvalue weighted by Gasteiger charge is -2.23. The van der Waals surface area contributed by atoms with Crippen molar-refractivity contribution in [1.82, 2.24) is 5.32 Å². The van der Waals surface area contributed by atoms with Gasteiger partial charge in [0.2, 0.25) is 0 Å². The van der Waals surface area contributed by atoms with Crippen LogP contribution in [-0.2, 0) is 9.47 Å². The Morgan fingerprint density at radius 3 is 2.45 bits per heavy atom. The first-order valence-corrected chi connectivity index (χ1v) is 9.69. The molecule has 1 aromatic carbocycles. The van der Waals surface area contributed by atoms with Crippen LogP contribution >= 0.6 is 0 Å². The molecule has 1 N–H and O–H groups in total. The van der Waals surface area contributed by atoms with Gasteiger partial charge in [0.05, 0.1) is 18.8 Å². The molecule has 2 rings (SSSR count). The highest BCUT2D eigenvalue weighted by Gasteiger charge is 2.39. The van der Waals surface area contributed by atoms with Gasteiger partial charge in [-0.2, -0.15) is 0 Å². The minimum absolute atomic E-state index is 0.00595. The smallest absolute Gasteiger partial charge is 0.407 e. The zero-order chi connectivity index (χ0) is 21.9. The van der Waals surface area contributed by atoms with Crippen molar-refractivity contribution in [3.05, 3.63) is 34.4 Å². The number of carbonyl (C=O) groups is 2. The van der Waals surface area contributed by atoms with Crippen molar-refractivity contribution < 1.29 is 32.2 Å². The van der Waals surface area contributed by atoms with Crippen LogP contribution in [0.1, 0.15) is 67.9 Å². The Bertz CT molecular complexity index is 776. The molecule has 8 heteroatoms. The van der Waals surface area contributed by atoms with E-state index in [0.717, 1.165) is 6.07 Å². The van der Waals surface area contributed by atoms with Crippen LogP contribution in [0.25, 0.3) is 0 Å². The van der Waals surface area contributed by atoms with Gasteiger partial charge in [-0.05, 0) is 70.6 Å². The quantitative estimate of drug-likeness (QED) is 0.702. The third-order valence-corrected chi connectivity index (χ3v) is 5.00. The van der Waals surface area contributed by atoms with Crippen LogP contribution in [0.5, 0.6) is 0 Å². The van der Waals surface area contributed by atoms with Crippen LogP contribution in [0.3, 0.4) is 0 Å². The number of esters is 1. The monoisotopic (exact) mass is 415 g/mol. The second-order valence-electron chi connectivity index (χ2n) is 8.31. The predicted octanol–water partition coefficient (Wildman–Crippen LogP) is 4.81. The number of halogens is 3. The topological polar surface area (TPSA) is 64.6 Å². The minimum Gasteiger partial charge on any atom is -0.462 e. The highest BCUT2D eigenvalue weighted by Crippen LogP contribution is 2.42. The summed E-state index contributed by atoms with van der Waals surface area (Å²) in [5.41, 5.74) is -1.08. The van der Waals surface area contributed by atoms with Crippen molar-refractivity contribution in [2.24, 2.45) is 5.92 Å². The van der Waals surface area contributed by atoms with E-state index in [1.807, 2.05) is 0 Å². The number of carbonyl (C=O) groups excluding carboxylic acids is 2. The van der Waals surface area contributed by atoms with E-state index in [1.165, 1.54) is 6.92 Å². The number of amides is 1. The first kappa shape index (κ1) is 23.0. The summed E-state index contributed by atoms with van der Waals surface area (Å²) in [6.45, 7) is 7.42. The summed E-state index contributed by atoms with van der Waals surface area (Å²) in [4.78, 5) is 23.9. The molecule has 0 bridgehead atoms. The van der Waals surface area contributed by atoms with Gasteiger partial charge in [-0.25, -0.2) is 18.4 Å². The van der Waals surface area contributed by atoms with Crippen molar-refractivity contribution >= 4 is 12.1 Å². The summed E-state index contributed by atoms with van der Waals surface area (Å²) >= 11 is 0. The normalized spacial score (nSPS) is 21.7. The van der Waals surface area contributed by atoms with Gasteiger partial charge < -0.3 is 14.8 Å². The van der Waals surface area contributed by atoms with Crippen LogP contribution in [-0.4, -0.2) is 37.0 Å². The van der Waals surface area contributed by atoms with Crippen LogP contribution in [0, 0.1) is 24.5 Å². The van der Waals surface area contributed by atoms with Crippen LogP contribution in [0.2, 0.25) is 0 Å². The number of hydrogen-bond acceptors (Lipinski definition) is 4. The van der Waals surface area contributed by atoms with Gasteiger partial charge in [-0.3, -0.25) is 4.39 Å². The van der Waals surface area contributed by atoms with Gasteiger partial charge in [0.25, 0.3) is 0 Å². The molecule has 0 heterocycles. The fourth-order valence-corrected chi connectivity index (χ4v) is 3.79. The van der Waals surface area contributed by atoms with Crippen molar-refractivity contribution in [3.63, 3.8) is 0 Å². The van der Waals surface area contributed by atoms with E-state index in [0.29, 0.717) is 0 Å². The number of rotatable bonds is 5. The number of hydrogen-bond donors (Lipinski definition) is 1. The second-order valence-corrected chi connectivity index (χ2v) is 8.31. The lowest BCUT2D eigenvalue weighted by atomic mass is 9.90. The molecule has 0 spiro atoms. The standard InChI is InChI=1S/C21H28F3NO4/c1-6-28-19(26)14-9-15(23)17(11(2)18(14)24)12-7-13(10-22)16(8-12)25-20(27)29-21(3,4)5/h9,12-13,16H,6-8,10H2,1-5H3,(H,25,27)/t12?,13-,16-/m1/s1. The molecule has 1 aliphatic rings. The van der Waals surface area contributed by atoms with E-state index >= 15 is 0 Å². The summed E-state index contributed by atoms with van der Waals surface area (Å²) in [5.74, 6) is -3.57.